The molecule has 0 aromatic heterocycles. The highest BCUT2D eigenvalue weighted by Crippen LogP contribution is 2.30. The maximum Gasteiger partial charge on any atom is 0.245 e. The third-order valence-corrected chi connectivity index (χ3v) is 10.7. The second kappa shape index (κ2) is 17.3. The summed E-state index contributed by atoms with van der Waals surface area (Å²) in [5.41, 5.74) is 3.47. The number of piperazine rings is 1. The van der Waals surface area contributed by atoms with Crippen molar-refractivity contribution in [3.8, 4) is 0 Å². The van der Waals surface area contributed by atoms with E-state index in [1.54, 1.807) is 4.90 Å². The SMILES string of the molecule is CC(C1CCCCC1)N1CCN(C(=O)C(Cc2ccc(Cl)cc2)NC(=O)CC2NCCc3ccccc32)CC1.O=CN1CCCC1. The highest BCUT2D eigenvalue weighted by molar-refractivity contribution is 6.30. The van der Waals surface area contributed by atoms with Gasteiger partial charge in [0.05, 0.1) is 0 Å². The molecule has 8 nitrogen and oxygen atoms in total. The number of benzene rings is 2. The van der Waals surface area contributed by atoms with E-state index in [0.29, 0.717) is 37.0 Å². The number of fused-ring (bicyclic) bond motifs is 1. The topological polar surface area (TPSA) is 85.0 Å². The molecule has 3 unspecified atom stereocenters. The van der Waals surface area contributed by atoms with Gasteiger partial charge in [-0.05, 0) is 80.3 Å². The Morgan fingerprint density at radius 1 is 0.935 bits per heavy atom. The molecular weight excluding hydrogens is 598 g/mol. The fourth-order valence-corrected chi connectivity index (χ4v) is 7.73. The molecule has 250 valence electrons. The van der Waals surface area contributed by atoms with E-state index >= 15 is 0 Å². The standard InChI is InChI=1S/C32H43ClN4O2.C5H9NO/c1-23(25-7-3-2-4-8-25)36-17-19-37(20-18-36)32(39)30(21-24-11-13-27(33)14-12-24)35-31(38)22-29-28-10-6-5-9-26(28)15-16-34-29;7-5-6-3-1-2-4-6/h5-6,9-14,23,25,29-30,34H,2-4,7-8,15-22H2,1H3,(H,35,38);5H,1-4H2. The summed E-state index contributed by atoms with van der Waals surface area (Å²) in [6.07, 6.45) is 11.8. The lowest BCUT2D eigenvalue weighted by atomic mass is 9.84. The van der Waals surface area contributed by atoms with Crippen LogP contribution in [0.25, 0.3) is 0 Å². The van der Waals surface area contributed by atoms with E-state index in [1.165, 1.54) is 56.1 Å². The fourth-order valence-electron chi connectivity index (χ4n) is 7.60. The van der Waals surface area contributed by atoms with Crippen molar-refractivity contribution in [3.63, 3.8) is 0 Å². The fraction of sp³-hybridized carbons (Fsp3) is 0.595. The Bertz CT molecular complexity index is 1270. The minimum atomic E-state index is -0.597. The third-order valence-electron chi connectivity index (χ3n) is 10.4. The number of likely N-dealkylation sites (tertiary alicyclic amines) is 1. The van der Waals surface area contributed by atoms with Gasteiger partial charge in [0.25, 0.3) is 0 Å². The predicted molar refractivity (Wildman–Crippen MR) is 184 cm³/mol. The van der Waals surface area contributed by atoms with E-state index < -0.39 is 6.04 Å². The van der Waals surface area contributed by atoms with Crippen LogP contribution in [0.1, 0.15) is 81.0 Å². The number of carbonyl (C=O) groups excluding carboxylic acids is 3. The summed E-state index contributed by atoms with van der Waals surface area (Å²) in [6, 6.07) is 15.8. The Morgan fingerprint density at radius 2 is 1.63 bits per heavy atom. The van der Waals surface area contributed by atoms with Gasteiger partial charge in [0.1, 0.15) is 6.04 Å². The van der Waals surface area contributed by atoms with Crippen LogP contribution in [0.3, 0.4) is 0 Å². The van der Waals surface area contributed by atoms with Gasteiger partial charge in [-0.25, -0.2) is 0 Å². The van der Waals surface area contributed by atoms with Crippen LogP contribution in [0.5, 0.6) is 0 Å². The first-order chi connectivity index (χ1) is 22.4. The third kappa shape index (κ3) is 9.55. The smallest absolute Gasteiger partial charge is 0.245 e. The number of halogens is 1. The summed E-state index contributed by atoms with van der Waals surface area (Å²) in [5, 5.41) is 7.28. The van der Waals surface area contributed by atoms with Gasteiger partial charge in [0.2, 0.25) is 18.2 Å². The van der Waals surface area contributed by atoms with E-state index in [4.69, 9.17) is 11.6 Å². The van der Waals surface area contributed by atoms with E-state index in [9.17, 15) is 14.4 Å². The summed E-state index contributed by atoms with van der Waals surface area (Å²) in [7, 11) is 0. The van der Waals surface area contributed by atoms with Crippen molar-refractivity contribution < 1.29 is 14.4 Å². The zero-order valence-electron chi connectivity index (χ0n) is 27.5. The van der Waals surface area contributed by atoms with Crippen LogP contribution in [0.4, 0.5) is 0 Å². The minimum absolute atomic E-state index is 0.0141. The van der Waals surface area contributed by atoms with Crippen LogP contribution in [0, 0.1) is 5.92 Å². The molecule has 3 heterocycles. The number of rotatable bonds is 9. The molecule has 2 saturated heterocycles. The Labute approximate surface area is 280 Å². The van der Waals surface area contributed by atoms with Gasteiger partial charge in [-0.3, -0.25) is 19.3 Å². The second-order valence-electron chi connectivity index (χ2n) is 13.5. The number of nitrogens with zero attached hydrogens (tertiary/aromatic N) is 3. The van der Waals surface area contributed by atoms with Crippen molar-refractivity contribution >= 4 is 29.8 Å². The highest BCUT2D eigenvalue weighted by Gasteiger charge is 2.33. The molecule has 46 heavy (non-hydrogen) atoms. The summed E-state index contributed by atoms with van der Waals surface area (Å²) in [6.45, 7) is 8.38. The molecule has 2 N–H and O–H groups in total. The molecule has 3 aliphatic heterocycles. The quantitative estimate of drug-likeness (QED) is 0.374. The molecule has 1 saturated carbocycles. The lowest BCUT2D eigenvalue weighted by Gasteiger charge is -2.42. The molecule has 0 spiro atoms. The van der Waals surface area contributed by atoms with Crippen LogP contribution < -0.4 is 10.6 Å². The maximum atomic E-state index is 13.8. The first-order valence-corrected chi connectivity index (χ1v) is 17.9. The molecule has 6 rings (SSSR count). The molecule has 3 amide bonds. The lowest BCUT2D eigenvalue weighted by molar-refractivity contribution is -0.138. The molecular formula is C37H52ClN5O3. The summed E-state index contributed by atoms with van der Waals surface area (Å²) >= 11 is 6.11. The van der Waals surface area contributed by atoms with Crippen molar-refractivity contribution in [2.75, 3.05) is 45.8 Å². The molecule has 0 bridgehead atoms. The molecule has 2 aromatic carbocycles. The maximum absolute atomic E-state index is 13.8. The zero-order valence-corrected chi connectivity index (χ0v) is 28.2. The number of carbonyl (C=O) groups is 3. The van der Waals surface area contributed by atoms with Crippen molar-refractivity contribution in [2.24, 2.45) is 5.92 Å². The minimum Gasteiger partial charge on any atom is -0.345 e. The van der Waals surface area contributed by atoms with Crippen LogP contribution in [-0.2, 0) is 27.2 Å². The summed E-state index contributed by atoms with van der Waals surface area (Å²) in [4.78, 5) is 43.4. The summed E-state index contributed by atoms with van der Waals surface area (Å²) < 4.78 is 0. The molecule has 0 radical (unpaired) electrons. The molecule has 3 fully saturated rings. The van der Waals surface area contributed by atoms with Gasteiger partial charge in [0.15, 0.2) is 0 Å². The van der Waals surface area contributed by atoms with Crippen molar-refractivity contribution in [2.45, 2.75) is 89.3 Å². The van der Waals surface area contributed by atoms with Crippen LogP contribution in [0.15, 0.2) is 48.5 Å². The van der Waals surface area contributed by atoms with Gasteiger partial charge in [-0.15, -0.1) is 0 Å². The van der Waals surface area contributed by atoms with Gasteiger partial charge < -0.3 is 20.4 Å². The van der Waals surface area contributed by atoms with Gasteiger partial charge in [-0.1, -0.05) is 67.3 Å². The summed E-state index contributed by atoms with van der Waals surface area (Å²) in [5.74, 6) is 0.692. The second-order valence-corrected chi connectivity index (χ2v) is 13.9. The van der Waals surface area contributed by atoms with Gasteiger partial charge in [-0.2, -0.15) is 0 Å². The Hall–Kier alpha value is -2.94. The Balaban J connectivity index is 0.000000527. The molecule has 1 aliphatic carbocycles. The van der Waals surface area contributed by atoms with E-state index in [2.05, 4.69) is 40.7 Å². The highest BCUT2D eigenvalue weighted by atomic mass is 35.5. The van der Waals surface area contributed by atoms with Gasteiger partial charge >= 0.3 is 0 Å². The van der Waals surface area contributed by atoms with E-state index in [-0.39, 0.29) is 17.9 Å². The number of amides is 3. The predicted octanol–water partition coefficient (Wildman–Crippen LogP) is 5.00. The van der Waals surface area contributed by atoms with E-state index in [0.717, 1.165) is 57.0 Å². The average Bonchev–Trinajstić information content (AvgIpc) is 3.64. The Kier molecular flexibility index (Phi) is 12.9. The monoisotopic (exact) mass is 649 g/mol. The van der Waals surface area contributed by atoms with Crippen molar-refractivity contribution in [1.82, 2.24) is 25.3 Å². The number of hydrogen-bond acceptors (Lipinski definition) is 5. The van der Waals surface area contributed by atoms with Crippen molar-refractivity contribution in [1.29, 1.82) is 0 Å². The molecule has 3 atom stereocenters. The molecule has 2 aromatic rings. The molecule has 4 aliphatic rings. The first kappa shape index (κ1) is 34.4. The Morgan fingerprint density at radius 3 is 2.30 bits per heavy atom. The zero-order chi connectivity index (χ0) is 32.3. The van der Waals surface area contributed by atoms with Crippen LogP contribution >= 0.6 is 11.6 Å². The number of nitrogens with one attached hydrogen (secondary N) is 2. The largest absolute Gasteiger partial charge is 0.345 e. The van der Waals surface area contributed by atoms with Crippen LogP contribution in [-0.4, -0.2) is 90.8 Å². The lowest BCUT2D eigenvalue weighted by Crippen LogP contribution is -2.57. The first-order valence-electron chi connectivity index (χ1n) is 17.5. The number of hydrogen-bond donors (Lipinski definition) is 2. The van der Waals surface area contributed by atoms with Gasteiger partial charge in [0, 0.05) is 69.2 Å². The normalized spacial score (nSPS) is 21.8. The van der Waals surface area contributed by atoms with Crippen LogP contribution in [0.2, 0.25) is 5.02 Å². The average molecular weight is 650 g/mol. The van der Waals surface area contributed by atoms with E-state index in [1.807, 2.05) is 35.2 Å². The van der Waals surface area contributed by atoms with Crippen molar-refractivity contribution in [3.05, 3.63) is 70.2 Å². The molecule has 9 heteroatoms.